The summed E-state index contributed by atoms with van der Waals surface area (Å²) < 4.78 is 32.2. The van der Waals surface area contributed by atoms with Crippen molar-refractivity contribution < 1.29 is 28.2 Å². The van der Waals surface area contributed by atoms with Gasteiger partial charge in [-0.15, -0.1) is 0 Å². The van der Waals surface area contributed by atoms with E-state index in [-0.39, 0.29) is 30.3 Å². The van der Waals surface area contributed by atoms with E-state index in [9.17, 15) is 14.0 Å². The van der Waals surface area contributed by atoms with Crippen LogP contribution in [0.15, 0.2) is 73.2 Å². The number of hydrogen-bond donors (Lipinski definition) is 1. The van der Waals surface area contributed by atoms with Gasteiger partial charge in [0.1, 0.15) is 23.0 Å². The third-order valence-corrected chi connectivity index (χ3v) is 7.17. The first-order valence-electron chi connectivity index (χ1n) is 13.3. The fourth-order valence-corrected chi connectivity index (χ4v) is 5.21. The first-order valence-corrected chi connectivity index (χ1v) is 13.3. The average Bonchev–Trinajstić information content (AvgIpc) is 3.00. The van der Waals surface area contributed by atoms with Gasteiger partial charge < -0.3 is 24.4 Å². The number of ether oxygens (including phenoxy) is 3. The first-order chi connectivity index (χ1) is 20.0. The molecule has 3 aromatic carbocycles. The summed E-state index contributed by atoms with van der Waals surface area (Å²) in [6.45, 7) is 0.983. The fraction of sp³-hybridized carbons (Fsp3) is 0.226. The summed E-state index contributed by atoms with van der Waals surface area (Å²) in [5.74, 6) is 0.525. The largest absolute Gasteiger partial charge is 0.493 e. The van der Waals surface area contributed by atoms with Gasteiger partial charge in [0.15, 0.2) is 11.5 Å². The molecule has 4 heterocycles. The van der Waals surface area contributed by atoms with E-state index in [2.05, 4.69) is 15.3 Å². The van der Waals surface area contributed by atoms with Crippen LogP contribution < -0.4 is 19.5 Å². The van der Waals surface area contributed by atoms with Crippen molar-refractivity contribution in [2.45, 2.75) is 18.9 Å². The molecule has 1 atom stereocenters. The van der Waals surface area contributed by atoms with E-state index in [0.29, 0.717) is 42.4 Å². The Hall–Kier alpha value is -4.99. The second kappa shape index (κ2) is 11.2. The van der Waals surface area contributed by atoms with Crippen LogP contribution in [0.3, 0.4) is 0 Å². The molecule has 1 aromatic heterocycles. The molecular weight excluding hydrogens is 527 g/mol. The monoisotopic (exact) mass is 554 g/mol. The Morgan fingerprint density at radius 3 is 2.78 bits per heavy atom. The highest BCUT2D eigenvalue weighted by Gasteiger charge is 2.34. The Morgan fingerprint density at radius 2 is 1.95 bits per heavy atom. The number of carbonyl (C=O) groups excluding carboxylic acids is 2. The lowest BCUT2D eigenvalue weighted by Gasteiger charge is -2.38. The van der Waals surface area contributed by atoms with Gasteiger partial charge >= 0.3 is 0 Å². The highest BCUT2D eigenvalue weighted by Crippen LogP contribution is 2.41. The fourth-order valence-electron chi connectivity index (χ4n) is 5.21. The first kappa shape index (κ1) is 26.2. The molecule has 0 radical (unpaired) electrons. The van der Waals surface area contributed by atoms with E-state index in [4.69, 9.17) is 14.2 Å². The van der Waals surface area contributed by atoms with Gasteiger partial charge in [0.2, 0.25) is 0 Å². The molecule has 2 amide bonds. The second-order valence-electron chi connectivity index (χ2n) is 9.71. The van der Waals surface area contributed by atoms with Crippen molar-refractivity contribution in [1.82, 2.24) is 20.2 Å². The molecule has 8 bridgehead atoms. The number of aromatic nitrogens is 2. The molecular formula is C31H27FN4O5. The molecule has 4 aromatic rings. The minimum atomic E-state index is -0.636. The molecule has 9 nitrogen and oxygen atoms in total. The summed E-state index contributed by atoms with van der Waals surface area (Å²) in [7, 11) is 1.56. The lowest BCUT2D eigenvalue weighted by Crippen LogP contribution is -2.41. The molecule has 0 aliphatic carbocycles. The van der Waals surface area contributed by atoms with Gasteiger partial charge in [-0.3, -0.25) is 14.6 Å². The van der Waals surface area contributed by atoms with Crippen molar-refractivity contribution in [1.29, 1.82) is 0 Å². The number of rotatable bonds is 2. The third-order valence-electron chi connectivity index (χ3n) is 7.17. The van der Waals surface area contributed by atoms with E-state index >= 15 is 0 Å². The van der Waals surface area contributed by atoms with Crippen LogP contribution >= 0.6 is 0 Å². The highest BCUT2D eigenvalue weighted by atomic mass is 19.1. The smallest absolute Gasteiger partial charge is 0.274 e. The van der Waals surface area contributed by atoms with Gasteiger partial charge in [0, 0.05) is 25.5 Å². The number of fused-ring (bicyclic) bond motifs is 6. The molecule has 1 unspecified atom stereocenters. The Morgan fingerprint density at radius 1 is 1.10 bits per heavy atom. The number of methoxy groups -OCH3 is 1. The highest BCUT2D eigenvalue weighted by molar-refractivity contribution is 5.95. The van der Waals surface area contributed by atoms with Crippen molar-refractivity contribution in [3.63, 3.8) is 0 Å². The molecule has 1 N–H and O–H groups in total. The quantitative estimate of drug-likeness (QED) is 0.383. The molecule has 208 valence electrons. The second-order valence-corrected chi connectivity index (χ2v) is 9.71. The van der Waals surface area contributed by atoms with Crippen molar-refractivity contribution >= 4 is 11.8 Å². The summed E-state index contributed by atoms with van der Waals surface area (Å²) in [6.07, 6.45) is 5.55. The summed E-state index contributed by atoms with van der Waals surface area (Å²) in [4.78, 5) is 36.5. The van der Waals surface area contributed by atoms with Gasteiger partial charge in [-0.1, -0.05) is 12.1 Å². The number of amides is 2. The molecule has 0 fully saturated rings. The van der Waals surface area contributed by atoms with E-state index in [1.54, 1.807) is 18.1 Å². The van der Waals surface area contributed by atoms with Crippen LogP contribution in [-0.4, -0.2) is 53.5 Å². The van der Waals surface area contributed by atoms with Crippen molar-refractivity contribution in [3.8, 4) is 23.0 Å². The predicted molar refractivity (Wildman–Crippen MR) is 147 cm³/mol. The lowest BCUT2D eigenvalue weighted by molar-refractivity contribution is 0.0687. The number of carbonyl (C=O) groups is 2. The summed E-state index contributed by atoms with van der Waals surface area (Å²) in [5.41, 5.74) is 2.92. The summed E-state index contributed by atoms with van der Waals surface area (Å²) >= 11 is 0. The molecule has 0 spiro atoms. The lowest BCUT2D eigenvalue weighted by atomic mass is 9.87. The van der Waals surface area contributed by atoms with Crippen LogP contribution in [-0.2, 0) is 6.42 Å². The molecule has 10 heteroatoms. The Labute approximate surface area is 235 Å². The van der Waals surface area contributed by atoms with Gasteiger partial charge in [-0.2, -0.15) is 0 Å². The van der Waals surface area contributed by atoms with E-state index in [0.717, 1.165) is 16.7 Å². The van der Waals surface area contributed by atoms with Crippen molar-refractivity contribution in [2.75, 3.05) is 26.8 Å². The zero-order valence-corrected chi connectivity index (χ0v) is 22.3. The van der Waals surface area contributed by atoms with Crippen LogP contribution in [0.25, 0.3) is 0 Å². The van der Waals surface area contributed by atoms with Crippen molar-refractivity contribution in [2.24, 2.45) is 0 Å². The van der Waals surface area contributed by atoms with E-state index in [1.165, 1.54) is 36.8 Å². The predicted octanol–water partition coefficient (Wildman–Crippen LogP) is 4.72. The zero-order valence-electron chi connectivity index (χ0n) is 22.3. The number of nitrogens with zero attached hydrogens (tertiary/aromatic N) is 3. The van der Waals surface area contributed by atoms with Gasteiger partial charge in [0.05, 0.1) is 31.5 Å². The molecule has 41 heavy (non-hydrogen) atoms. The Balaban J connectivity index is 1.46. The Kier molecular flexibility index (Phi) is 7.20. The minimum Gasteiger partial charge on any atom is -0.493 e. The minimum absolute atomic E-state index is 0.102. The SMILES string of the molecule is COc1ccc2cc1OCCCNC(=O)c1cc(ccc1F)Oc1ccc3c(c1)CCN(C(=O)c1cnccn1)C23. The number of halogens is 1. The maximum atomic E-state index is 14.5. The zero-order chi connectivity index (χ0) is 28.3. The van der Waals surface area contributed by atoms with Crippen LogP contribution in [0.1, 0.15) is 50.0 Å². The van der Waals surface area contributed by atoms with Crippen LogP contribution in [0.2, 0.25) is 0 Å². The standard InChI is InChI=1S/C31H27FN4O5/c1-39-27-8-3-20-16-28(27)40-14-2-10-35-30(37)24-17-22(5-7-25(24)32)41-21-4-6-23-19(15-21)9-13-36(29(20)23)31(38)26-18-33-11-12-34-26/h3-8,11-12,15-18,29H,2,9-10,13-14H2,1H3,(H,35,37). The molecule has 3 aliphatic rings. The Bertz CT molecular complexity index is 1610. The van der Waals surface area contributed by atoms with E-state index < -0.39 is 17.8 Å². The maximum Gasteiger partial charge on any atom is 0.274 e. The molecule has 7 rings (SSSR count). The van der Waals surface area contributed by atoms with Crippen molar-refractivity contribution in [3.05, 3.63) is 107 Å². The molecule has 0 saturated carbocycles. The van der Waals surface area contributed by atoms with Crippen LogP contribution in [0.4, 0.5) is 4.39 Å². The number of benzene rings is 3. The topological polar surface area (TPSA) is 103 Å². The van der Waals surface area contributed by atoms with Gasteiger partial charge in [0.25, 0.3) is 11.8 Å². The number of hydrogen-bond acceptors (Lipinski definition) is 7. The molecule has 3 aliphatic heterocycles. The van der Waals surface area contributed by atoms with Gasteiger partial charge in [-0.05, 0) is 72.0 Å². The van der Waals surface area contributed by atoms with Gasteiger partial charge in [-0.25, -0.2) is 9.37 Å². The summed E-state index contributed by atoms with van der Waals surface area (Å²) in [6, 6.07) is 14.9. The van der Waals surface area contributed by atoms with Crippen LogP contribution in [0, 0.1) is 5.82 Å². The maximum absolute atomic E-state index is 14.5. The number of nitrogens with one attached hydrogen (secondary N) is 1. The summed E-state index contributed by atoms with van der Waals surface area (Å²) in [5, 5.41) is 2.73. The molecule has 0 saturated heterocycles. The average molecular weight is 555 g/mol. The van der Waals surface area contributed by atoms with Crippen LogP contribution in [0.5, 0.6) is 23.0 Å². The van der Waals surface area contributed by atoms with E-state index in [1.807, 2.05) is 30.3 Å². The normalized spacial score (nSPS) is 16.5. The third kappa shape index (κ3) is 5.28.